The molecule has 11 heteroatoms. The summed E-state index contributed by atoms with van der Waals surface area (Å²) in [5.41, 5.74) is 2.49. The van der Waals surface area contributed by atoms with Crippen molar-refractivity contribution in [3.63, 3.8) is 0 Å². The van der Waals surface area contributed by atoms with Gasteiger partial charge in [-0.2, -0.15) is 13.5 Å². The lowest BCUT2D eigenvalue weighted by atomic mass is 10.2. The third-order valence-corrected chi connectivity index (χ3v) is 5.37. The van der Waals surface area contributed by atoms with Gasteiger partial charge < -0.3 is 8.92 Å². The molecule has 164 valence electrons. The molecule has 0 atom stereocenters. The fourth-order valence-corrected chi connectivity index (χ4v) is 3.54. The first-order valence-electron chi connectivity index (χ1n) is 9.05. The first-order chi connectivity index (χ1) is 15.3. The number of amides is 1. The molecule has 32 heavy (non-hydrogen) atoms. The normalized spacial score (nSPS) is 11.2. The summed E-state index contributed by atoms with van der Waals surface area (Å²) in [6.45, 7) is 0. The lowest BCUT2D eigenvalue weighted by Gasteiger charge is -2.11. The van der Waals surface area contributed by atoms with Crippen LogP contribution >= 0.6 is 0 Å². The first kappa shape index (κ1) is 22.4. The first-order valence-corrected chi connectivity index (χ1v) is 10.5. The molecule has 0 fully saturated rings. The van der Waals surface area contributed by atoms with E-state index >= 15 is 0 Å². The summed E-state index contributed by atoms with van der Waals surface area (Å²) in [5, 5.41) is 14.6. The standard InChI is InChI=1S/C21H17N3O7S/c1-30-19-11-10-15(12-20(19)31-32(28,29)18-8-3-2-4-9-18)14-22-23-21(25)16-6-5-7-17(13-16)24(26)27/h2-14H,1H3,(H,23,25)/b22-14+. The van der Waals surface area contributed by atoms with E-state index in [1.54, 1.807) is 24.3 Å². The minimum absolute atomic E-state index is 0.0228. The average Bonchev–Trinajstić information content (AvgIpc) is 2.79. The van der Waals surface area contributed by atoms with Gasteiger partial charge in [0.25, 0.3) is 11.6 Å². The molecule has 1 amide bonds. The van der Waals surface area contributed by atoms with E-state index < -0.39 is 20.9 Å². The number of hydrazone groups is 1. The van der Waals surface area contributed by atoms with E-state index in [0.717, 1.165) is 6.07 Å². The van der Waals surface area contributed by atoms with Crippen LogP contribution in [0.15, 0.2) is 82.8 Å². The van der Waals surface area contributed by atoms with Crippen molar-refractivity contribution in [2.45, 2.75) is 4.90 Å². The van der Waals surface area contributed by atoms with Crippen molar-refractivity contribution in [3.05, 3.63) is 94.0 Å². The topological polar surface area (TPSA) is 137 Å². The van der Waals surface area contributed by atoms with Gasteiger partial charge in [0.2, 0.25) is 0 Å². The molecule has 0 radical (unpaired) electrons. The SMILES string of the molecule is COc1ccc(/C=N/NC(=O)c2cccc([N+](=O)[O-])c2)cc1OS(=O)(=O)c1ccccc1. The van der Waals surface area contributed by atoms with Crippen molar-refractivity contribution >= 4 is 27.9 Å². The Hall–Kier alpha value is -4.25. The zero-order valence-electron chi connectivity index (χ0n) is 16.7. The molecule has 0 spiro atoms. The number of rotatable bonds is 8. The van der Waals surface area contributed by atoms with Crippen LogP contribution in [0.3, 0.4) is 0 Å². The Morgan fingerprint density at radius 1 is 1.03 bits per heavy atom. The van der Waals surface area contributed by atoms with Crippen LogP contribution in [0.2, 0.25) is 0 Å². The number of hydrogen-bond donors (Lipinski definition) is 1. The molecule has 10 nitrogen and oxygen atoms in total. The lowest BCUT2D eigenvalue weighted by Crippen LogP contribution is -2.17. The summed E-state index contributed by atoms with van der Waals surface area (Å²) < 4.78 is 35.4. The van der Waals surface area contributed by atoms with E-state index in [4.69, 9.17) is 8.92 Å². The molecular formula is C21H17N3O7S. The molecule has 0 bridgehead atoms. The van der Waals surface area contributed by atoms with E-state index in [-0.39, 0.29) is 27.6 Å². The van der Waals surface area contributed by atoms with E-state index in [1.807, 2.05) is 0 Å². The highest BCUT2D eigenvalue weighted by Crippen LogP contribution is 2.30. The molecule has 0 heterocycles. The molecule has 1 N–H and O–H groups in total. The maximum atomic E-state index is 12.5. The zero-order valence-corrected chi connectivity index (χ0v) is 17.5. The summed E-state index contributed by atoms with van der Waals surface area (Å²) >= 11 is 0. The number of methoxy groups -OCH3 is 1. The maximum Gasteiger partial charge on any atom is 0.339 e. The number of nitrogens with one attached hydrogen (secondary N) is 1. The van der Waals surface area contributed by atoms with Crippen molar-refractivity contribution in [1.29, 1.82) is 0 Å². The van der Waals surface area contributed by atoms with Gasteiger partial charge in [0.05, 0.1) is 18.2 Å². The summed E-state index contributed by atoms with van der Waals surface area (Å²) in [5.74, 6) is -0.533. The largest absolute Gasteiger partial charge is 0.493 e. The van der Waals surface area contributed by atoms with Crippen LogP contribution in [-0.4, -0.2) is 32.6 Å². The van der Waals surface area contributed by atoms with Crippen molar-refractivity contribution in [2.24, 2.45) is 5.10 Å². The molecule has 3 aromatic carbocycles. The minimum Gasteiger partial charge on any atom is -0.493 e. The fraction of sp³-hybridized carbons (Fsp3) is 0.0476. The smallest absolute Gasteiger partial charge is 0.339 e. The van der Waals surface area contributed by atoms with Crippen LogP contribution in [0.4, 0.5) is 5.69 Å². The molecule has 3 rings (SSSR count). The van der Waals surface area contributed by atoms with Gasteiger partial charge in [0.15, 0.2) is 11.5 Å². The Morgan fingerprint density at radius 3 is 2.47 bits per heavy atom. The summed E-state index contributed by atoms with van der Waals surface area (Å²) in [4.78, 5) is 22.3. The molecule has 0 saturated carbocycles. The zero-order chi connectivity index (χ0) is 23.1. The van der Waals surface area contributed by atoms with Gasteiger partial charge in [-0.3, -0.25) is 14.9 Å². The van der Waals surface area contributed by atoms with Gasteiger partial charge in [0.1, 0.15) is 4.90 Å². The summed E-state index contributed by atoms with van der Waals surface area (Å²) in [6.07, 6.45) is 1.26. The number of nitro benzene ring substituents is 1. The van der Waals surface area contributed by atoms with E-state index in [9.17, 15) is 23.3 Å². The van der Waals surface area contributed by atoms with Gasteiger partial charge in [-0.05, 0) is 42.0 Å². The molecular weight excluding hydrogens is 438 g/mol. The molecule has 0 aliphatic heterocycles. The van der Waals surface area contributed by atoms with Crippen LogP contribution in [0, 0.1) is 10.1 Å². The van der Waals surface area contributed by atoms with Crippen LogP contribution in [-0.2, 0) is 10.1 Å². The third-order valence-electron chi connectivity index (χ3n) is 4.12. The molecule has 0 aromatic heterocycles. The second-order valence-electron chi connectivity index (χ2n) is 6.27. The number of benzene rings is 3. The molecule has 0 unspecified atom stereocenters. The Balaban J connectivity index is 1.76. The number of carbonyl (C=O) groups excluding carboxylic acids is 1. The lowest BCUT2D eigenvalue weighted by molar-refractivity contribution is -0.384. The second-order valence-corrected chi connectivity index (χ2v) is 7.81. The van der Waals surface area contributed by atoms with E-state index in [0.29, 0.717) is 5.56 Å². The van der Waals surface area contributed by atoms with Crippen molar-refractivity contribution in [2.75, 3.05) is 7.11 Å². The van der Waals surface area contributed by atoms with Gasteiger partial charge >= 0.3 is 10.1 Å². The van der Waals surface area contributed by atoms with Gasteiger partial charge in [0, 0.05) is 17.7 Å². The van der Waals surface area contributed by atoms with Gasteiger partial charge in [-0.25, -0.2) is 5.43 Å². The van der Waals surface area contributed by atoms with E-state index in [1.165, 1.54) is 55.8 Å². The monoisotopic (exact) mass is 455 g/mol. The van der Waals surface area contributed by atoms with E-state index in [2.05, 4.69) is 10.5 Å². The Kier molecular flexibility index (Phi) is 6.80. The van der Waals surface area contributed by atoms with Crippen LogP contribution < -0.4 is 14.3 Å². The van der Waals surface area contributed by atoms with Crippen molar-refractivity contribution in [1.82, 2.24) is 5.43 Å². The van der Waals surface area contributed by atoms with Crippen LogP contribution in [0.5, 0.6) is 11.5 Å². The Labute approximate surface area is 183 Å². The van der Waals surface area contributed by atoms with Gasteiger partial charge in [-0.15, -0.1) is 0 Å². The molecule has 3 aromatic rings. The summed E-state index contributed by atoms with van der Waals surface area (Å²) in [6, 6.07) is 17.2. The van der Waals surface area contributed by atoms with Gasteiger partial charge in [-0.1, -0.05) is 24.3 Å². The minimum atomic E-state index is -4.09. The summed E-state index contributed by atoms with van der Waals surface area (Å²) in [7, 11) is -2.73. The van der Waals surface area contributed by atoms with Crippen molar-refractivity contribution in [3.8, 4) is 11.5 Å². The van der Waals surface area contributed by atoms with Crippen molar-refractivity contribution < 1.29 is 27.1 Å². The van der Waals surface area contributed by atoms with Crippen LogP contribution in [0.25, 0.3) is 0 Å². The number of non-ortho nitro benzene ring substituents is 1. The molecule has 0 aliphatic carbocycles. The quantitative estimate of drug-likeness (QED) is 0.238. The average molecular weight is 455 g/mol. The van der Waals surface area contributed by atoms with Crippen LogP contribution in [0.1, 0.15) is 15.9 Å². The second kappa shape index (κ2) is 9.71. The number of hydrogen-bond acceptors (Lipinski definition) is 8. The maximum absolute atomic E-state index is 12.5. The predicted octanol–water partition coefficient (Wildman–Crippen LogP) is 3.14. The molecule has 0 aliphatic rings. The molecule has 0 saturated heterocycles. The fourth-order valence-electron chi connectivity index (χ4n) is 2.58. The number of carbonyl (C=O) groups is 1. The number of nitro groups is 1. The highest BCUT2D eigenvalue weighted by molar-refractivity contribution is 7.87. The number of ether oxygens (including phenoxy) is 1. The highest BCUT2D eigenvalue weighted by atomic mass is 32.2. The predicted molar refractivity (Wildman–Crippen MR) is 115 cm³/mol. The number of nitrogens with zero attached hydrogens (tertiary/aromatic N) is 2. The third kappa shape index (κ3) is 5.46. The highest BCUT2D eigenvalue weighted by Gasteiger charge is 2.19. The Morgan fingerprint density at radius 2 is 1.78 bits per heavy atom. The Bertz CT molecular complexity index is 1280.